The van der Waals surface area contributed by atoms with Crippen molar-refractivity contribution in [2.45, 2.75) is 57.0 Å². The largest absolute Gasteiger partial charge is 0.496 e. The summed E-state index contributed by atoms with van der Waals surface area (Å²) in [6.07, 6.45) is 4.73. The Labute approximate surface area is 371 Å². The van der Waals surface area contributed by atoms with Gasteiger partial charge in [0.1, 0.15) is 30.5 Å². The first-order chi connectivity index (χ1) is 30.3. The van der Waals surface area contributed by atoms with Crippen molar-refractivity contribution in [3.63, 3.8) is 0 Å². The first-order valence-electron chi connectivity index (χ1n) is 21.3. The molecular weight excluding hydrogens is 845 g/mol. The number of fused-ring (bicyclic) bond motifs is 1. The molecule has 3 aromatic carbocycles. The fraction of sp³-hybridized carbons (Fsp3) is 0.413. The Bertz CT molecular complexity index is 2500. The molecule has 0 saturated carbocycles. The lowest BCUT2D eigenvalue weighted by Gasteiger charge is -2.43. The summed E-state index contributed by atoms with van der Waals surface area (Å²) in [4.78, 5) is 80.9. The molecule has 15 nitrogen and oxygen atoms in total. The lowest BCUT2D eigenvalue weighted by Crippen LogP contribution is -2.54. The first kappa shape index (κ1) is 44.0. The number of carbonyl (C=O) groups excluding carboxylic acids is 5. The van der Waals surface area contributed by atoms with Gasteiger partial charge in [0.15, 0.2) is 0 Å². The van der Waals surface area contributed by atoms with Gasteiger partial charge in [-0.2, -0.15) is 0 Å². The van der Waals surface area contributed by atoms with E-state index in [0.717, 1.165) is 71.8 Å². The highest BCUT2D eigenvalue weighted by Gasteiger charge is 2.46. The number of rotatable bonds is 13. The summed E-state index contributed by atoms with van der Waals surface area (Å²) >= 11 is 6.56. The molecule has 63 heavy (non-hydrogen) atoms. The number of aromatic nitrogens is 2. The van der Waals surface area contributed by atoms with Crippen LogP contribution in [0.3, 0.4) is 0 Å². The molecule has 0 bridgehead atoms. The van der Waals surface area contributed by atoms with E-state index in [0.29, 0.717) is 48.5 Å². The zero-order chi connectivity index (χ0) is 44.4. The highest BCUT2D eigenvalue weighted by atomic mass is 35.5. The van der Waals surface area contributed by atoms with Gasteiger partial charge in [-0.05, 0) is 56.4 Å². The third kappa shape index (κ3) is 9.51. The Kier molecular flexibility index (Phi) is 13.0. The molecule has 4 aliphatic heterocycles. The Morgan fingerprint density at radius 2 is 1.63 bits per heavy atom. The summed E-state index contributed by atoms with van der Waals surface area (Å²) in [5.74, 6) is -0.851. The third-order valence-corrected chi connectivity index (χ3v) is 14.3. The van der Waals surface area contributed by atoms with Crippen molar-refractivity contribution in [3.05, 3.63) is 106 Å². The van der Waals surface area contributed by atoms with Crippen molar-refractivity contribution in [2.24, 2.45) is 0 Å². The van der Waals surface area contributed by atoms with Crippen LogP contribution in [0.4, 0.5) is 5.69 Å². The monoisotopic (exact) mass is 895 g/mol. The minimum absolute atomic E-state index is 0.0227. The van der Waals surface area contributed by atoms with Gasteiger partial charge >= 0.3 is 0 Å². The standard InChI is InChI=1S/C46H51ClN7O8P/c1-61-38-27-32(12-11-29(38)26-40-48-28-34(47)35(49-40)25-30-7-4-5-10-39(30)63(2,3)60)51-18-15-31(16-19-51)52-20-22-53(23-21-52)42(56)17-24-62-37-9-6-8-33-43(37)46(59)54(45(33)58)36-13-14-41(55)50-44(36)57/h4-12,27-28,31,36H,13-26H2,1-3H3,(H,50,55,57). The van der Waals surface area contributed by atoms with Crippen LogP contribution in [0.5, 0.6) is 11.5 Å². The number of imide groups is 2. The number of anilines is 1. The minimum atomic E-state index is -2.49. The van der Waals surface area contributed by atoms with E-state index in [1.807, 2.05) is 29.2 Å². The molecule has 8 rings (SSSR count). The molecule has 3 fully saturated rings. The summed E-state index contributed by atoms with van der Waals surface area (Å²) in [5.41, 5.74) is 3.88. The van der Waals surface area contributed by atoms with Crippen LogP contribution < -0.4 is 25.0 Å². The van der Waals surface area contributed by atoms with E-state index >= 15 is 0 Å². The molecule has 330 valence electrons. The first-order valence-corrected chi connectivity index (χ1v) is 24.3. The maximum Gasteiger partial charge on any atom is 0.266 e. The fourth-order valence-corrected chi connectivity index (χ4v) is 10.5. The lowest BCUT2D eigenvalue weighted by atomic mass is 10.0. The number of methoxy groups -OCH3 is 1. The smallest absolute Gasteiger partial charge is 0.266 e. The van der Waals surface area contributed by atoms with Crippen molar-refractivity contribution in [3.8, 4) is 11.5 Å². The maximum atomic E-state index is 13.4. The van der Waals surface area contributed by atoms with Crippen LogP contribution in [0.25, 0.3) is 0 Å². The van der Waals surface area contributed by atoms with E-state index in [2.05, 4.69) is 38.3 Å². The molecule has 3 saturated heterocycles. The quantitative estimate of drug-likeness (QED) is 0.147. The zero-order valence-electron chi connectivity index (χ0n) is 35.7. The van der Waals surface area contributed by atoms with Crippen molar-refractivity contribution in [1.82, 2.24) is 30.0 Å². The lowest BCUT2D eigenvalue weighted by molar-refractivity contribution is -0.136. The van der Waals surface area contributed by atoms with Gasteiger partial charge < -0.3 is 23.8 Å². The van der Waals surface area contributed by atoms with Gasteiger partial charge in [0.2, 0.25) is 17.7 Å². The van der Waals surface area contributed by atoms with E-state index in [9.17, 15) is 28.5 Å². The fourth-order valence-electron chi connectivity index (χ4n) is 9.10. The van der Waals surface area contributed by atoms with E-state index in [4.69, 9.17) is 26.1 Å². The molecule has 0 radical (unpaired) electrons. The molecule has 5 amide bonds. The van der Waals surface area contributed by atoms with Crippen molar-refractivity contribution in [1.29, 1.82) is 0 Å². The molecule has 1 unspecified atom stereocenters. The summed E-state index contributed by atoms with van der Waals surface area (Å²) in [5, 5.41) is 3.50. The van der Waals surface area contributed by atoms with Crippen LogP contribution in [-0.2, 0) is 31.8 Å². The van der Waals surface area contributed by atoms with E-state index in [1.165, 1.54) is 6.07 Å². The number of nitrogens with one attached hydrogen (secondary N) is 1. The number of piperidine rings is 2. The predicted octanol–water partition coefficient (Wildman–Crippen LogP) is 4.55. The van der Waals surface area contributed by atoms with Crippen molar-refractivity contribution < 1.29 is 38.0 Å². The molecule has 5 heterocycles. The molecule has 4 aromatic rings. The van der Waals surface area contributed by atoms with E-state index in [1.54, 1.807) is 38.8 Å². The average Bonchev–Trinajstić information content (AvgIpc) is 3.53. The number of ether oxygens (including phenoxy) is 2. The molecule has 4 aliphatic rings. The van der Waals surface area contributed by atoms with Crippen LogP contribution in [0.2, 0.25) is 5.02 Å². The van der Waals surface area contributed by atoms with Crippen molar-refractivity contribution in [2.75, 3.05) is 71.2 Å². The van der Waals surface area contributed by atoms with Crippen LogP contribution in [0, 0.1) is 0 Å². The molecule has 1 N–H and O–H groups in total. The molecular formula is C46H51ClN7O8P. The molecule has 1 atom stereocenters. The Morgan fingerprint density at radius 1 is 0.873 bits per heavy atom. The highest BCUT2D eigenvalue weighted by molar-refractivity contribution is 7.70. The van der Waals surface area contributed by atoms with E-state index < -0.39 is 36.8 Å². The van der Waals surface area contributed by atoms with Crippen LogP contribution >= 0.6 is 18.7 Å². The van der Waals surface area contributed by atoms with Gasteiger partial charge in [-0.15, -0.1) is 0 Å². The summed E-state index contributed by atoms with van der Waals surface area (Å²) in [7, 11) is -0.819. The second kappa shape index (κ2) is 18.6. The Morgan fingerprint density at radius 3 is 2.37 bits per heavy atom. The second-order valence-electron chi connectivity index (χ2n) is 16.8. The van der Waals surface area contributed by atoms with Crippen LogP contribution in [-0.4, -0.2) is 133 Å². The van der Waals surface area contributed by atoms with Gasteiger partial charge in [-0.25, -0.2) is 9.97 Å². The summed E-state index contributed by atoms with van der Waals surface area (Å²) in [6.45, 7) is 8.11. The molecule has 1 aromatic heterocycles. The summed E-state index contributed by atoms with van der Waals surface area (Å²) in [6, 6.07) is 18.0. The van der Waals surface area contributed by atoms with Gasteiger partial charge in [0.05, 0.1) is 42.0 Å². The summed E-state index contributed by atoms with van der Waals surface area (Å²) < 4.78 is 24.7. The van der Waals surface area contributed by atoms with Crippen molar-refractivity contribution >= 4 is 59.3 Å². The number of nitrogens with zero attached hydrogens (tertiary/aromatic N) is 6. The zero-order valence-corrected chi connectivity index (χ0v) is 37.3. The number of halogens is 1. The number of carbonyl (C=O) groups is 5. The molecule has 17 heteroatoms. The second-order valence-corrected chi connectivity index (χ2v) is 20.4. The Hall–Kier alpha value is -5.63. The number of piperazine rings is 1. The maximum absolute atomic E-state index is 13.4. The van der Waals surface area contributed by atoms with Crippen LogP contribution in [0.15, 0.2) is 66.9 Å². The predicted molar refractivity (Wildman–Crippen MR) is 238 cm³/mol. The van der Waals surface area contributed by atoms with Gasteiger partial charge in [0, 0.05) is 93.4 Å². The normalized spacial score (nSPS) is 18.7. The third-order valence-electron chi connectivity index (χ3n) is 12.4. The topological polar surface area (TPSA) is 172 Å². The highest BCUT2D eigenvalue weighted by Crippen LogP contribution is 2.37. The minimum Gasteiger partial charge on any atom is -0.496 e. The van der Waals surface area contributed by atoms with E-state index in [-0.39, 0.29) is 48.7 Å². The molecule has 0 aliphatic carbocycles. The number of hydrogen-bond acceptors (Lipinski definition) is 12. The SMILES string of the molecule is COc1cc(N2CCC(N3CCN(C(=O)CCOc4cccc5c4C(=O)N(C4CCC(=O)NC4=O)C5=O)CC3)CC2)ccc1Cc1ncc(Cl)c(Cc2ccccc2P(C)(C)=O)n1. The van der Waals surface area contributed by atoms with Gasteiger partial charge in [-0.1, -0.05) is 48.0 Å². The molecule has 0 spiro atoms. The number of hydrogen-bond donors (Lipinski definition) is 1. The van der Waals surface area contributed by atoms with Crippen LogP contribution in [0.1, 0.15) is 75.5 Å². The Balaban J connectivity index is 0.801. The number of amides is 5. The van der Waals surface area contributed by atoms with Gasteiger partial charge in [0.25, 0.3) is 11.8 Å². The van der Waals surface area contributed by atoms with Gasteiger partial charge in [-0.3, -0.25) is 39.1 Å². The average molecular weight is 896 g/mol. The number of benzene rings is 3.